The molecule has 5 nitrogen and oxygen atoms in total. The van der Waals surface area contributed by atoms with E-state index in [4.69, 9.17) is 10.5 Å². The highest BCUT2D eigenvalue weighted by Gasteiger charge is 2.09. The van der Waals surface area contributed by atoms with E-state index in [1.165, 1.54) is 0 Å². The highest BCUT2D eigenvalue weighted by atomic mass is 16.5. The van der Waals surface area contributed by atoms with Gasteiger partial charge in [0.1, 0.15) is 5.75 Å². The molecular weight excluding hydrogens is 254 g/mol. The molecule has 0 aliphatic heterocycles. The van der Waals surface area contributed by atoms with Gasteiger partial charge in [0.15, 0.2) is 0 Å². The Kier molecular flexibility index (Phi) is 6.87. The van der Waals surface area contributed by atoms with Gasteiger partial charge >= 0.3 is 0 Å². The van der Waals surface area contributed by atoms with Gasteiger partial charge in [0.05, 0.1) is 12.8 Å². The SMILES string of the molecule is CCCN(CC)CCC(=O)Nc1cc(N)ccc1OC. The third-order valence-corrected chi connectivity index (χ3v) is 3.14. The van der Waals surface area contributed by atoms with Gasteiger partial charge in [0.2, 0.25) is 5.91 Å². The van der Waals surface area contributed by atoms with Gasteiger partial charge in [-0.05, 0) is 37.7 Å². The van der Waals surface area contributed by atoms with Crippen LogP contribution in [0.4, 0.5) is 11.4 Å². The molecule has 3 N–H and O–H groups in total. The van der Waals surface area contributed by atoms with Crippen LogP contribution in [0.15, 0.2) is 18.2 Å². The quantitative estimate of drug-likeness (QED) is 0.717. The number of nitrogens with two attached hydrogens (primary N) is 1. The number of benzene rings is 1. The van der Waals surface area contributed by atoms with Gasteiger partial charge in [-0.3, -0.25) is 4.79 Å². The van der Waals surface area contributed by atoms with Crippen molar-refractivity contribution in [3.63, 3.8) is 0 Å². The van der Waals surface area contributed by atoms with Crippen molar-refractivity contribution in [2.45, 2.75) is 26.7 Å². The molecule has 1 aromatic rings. The number of ether oxygens (including phenoxy) is 1. The van der Waals surface area contributed by atoms with E-state index in [1.54, 1.807) is 25.3 Å². The molecule has 0 unspecified atom stereocenters. The van der Waals surface area contributed by atoms with E-state index in [1.807, 2.05) is 0 Å². The molecular formula is C15H25N3O2. The van der Waals surface area contributed by atoms with E-state index in [2.05, 4.69) is 24.1 Å². The van der Waals surface area contributed by atoms with Crippen LogP contribution in [-0.2, 0) is 4.79 Å². The minimum absolute atomic E-state index is 0.0246. The van der Waals surface area contributed by atoms with E-state index in [0.717, 1.165) is 26.1 Å². The third-order valence-electron chi connectivity index (χ3n) is 3.14. The molecule has 0 aliphatic rings. The second-order valence-electron chi connectivity index (χ2n) is 4.69. The van der Waals surface area contributed by atoms with Gasteiger partial charge in [-0.25, -0.2) is 0 Å². The summed E-state index contributed by atoms with van der Waals surface area (Å²) in [5.41, 5.74) is 6.95. The lowest BCUT2D eigenvalue weighted by Gasteiger charge is -2.19. The fourth-order valence-electron chi connectivity index (χ4n) is 2.04. The maximum Gasteiger partial charge on any atom is 0.225 e. The maximum absolute atomic E-state index is 12.0. The van der Waals surface area contributed by atoms with Crippen molar-refractivity contribution < 1.29 is 9.53 Å². The fourth-order valence-corrected chi connectivity index (χ4v) is 2.04. The molecule has 0 atom stereocenters. The summed E-state index contributed by atoms with van der Waals surface area (Å²) >= 11 is 0. The fraction of sp³-hybridized carbons (Fsp3) is 0.533. The number of anilines is 2. The number of carbonyl (C=O) groups excluding carboxylic acids is 1. The standard InChI is InChI=1S/C15H25N3O2/c1-4-9-18(5-2)10-8-15(19)17-13-11-12(16)6-7-14(13)20-3/h6-7,11H,4-5,8-10,16H2,1-3H3,(H,17,19). The number of carbonyl (C=O) groups is 1. The Bertz CT molecular complexity index is 435. The second-order valence-corrected chi connectivity index (χ2v) is 4.69. The van der Waals surface area contributed by atoms with Crippen LogP contribution in [0.25, 0.3) is 0 Å². The zero-order valence-electron chi connectivity index (χ0n) is 12.6. The summed E-state index contributed by atoms with van der Waals surface area (Å²) in [7, 11) is 1.57. The number of nitrogen functional groups attached to an aromatic ring is 1. The first-order valence-electron chi connectivity index (χ1n) is 7.06. The van der Waals surface area contributed by atoms with Crippen LogP contribution < -0.4 is 15.8 Å². The van der Waals surface area contributed by atoms with E-state index in [-0.39, 0.29) is 5.91 Å². The average Bonchev–Trinajstić information content (AvgIpc) is 2.43. The minimum Gasteiger partial charge on any atom is -0.495 e. The highest BCUT2D eigenvalue weighted by Crippen LogP contribution is 2.26. The molecule has 1 aromatic carbocycles. The van der Waals surface area contributed by atoms with Crippen LogP contribution in [0, 0.1) is 0 Å². The van der Waals surface area contributed by atoms with Crippen LogP contribution in [0.5, 0.6) is 5.75 Å². The molecule has 0 aromatic heterocycles. The lowest BCUT2D eigenvalue weighted by Crippen LogP contribution is -2.28. The molecule has 112 valence electrons. The van der Waals surface area contributed by atoms with Crippen LogP contribution in [-0.4, -0.2) is 37.6 Å². The predicted molar refractivity (Wildman–Crippen MR) is 83.1 cm³/mol. The van der Waals surface area contributed by atoms with Gasteiger partial charge in [-0.15, -0.1) is 0 Å². The molecule has 5 heteroatoms. The molecule has 0 spiro atoms. The van der Waals surface area contributed by atoms with Crippen LogP contribution in [0.3, 0.4) is 0 Å². The van der Waals surface area contributed by atoms with Crippen LogP contribution in [0.2, 0.25) is 0 Å². The molecule has 20 heavy (non-hydrogen) atoms. The number of rotatable bonds is 8. The smallest absolute Gasteiger partial charge is 0.225 e. The number of amides is 1. The second kappa shape index (κ2) is 8.43. The summed E-state index contributed by atoms with van der Waals surface area (Å²) in [5, 5.41) is 2.85. The van der Waals surface area contributed by atoms with Crippen molar-refractivity contribution in [3.05, 3.63) is 18.2 Å². The third kappa shape index (κ3) is 5.09. The summed E-state index contributed by atoms with van der Waals surface area (Å²) in [6.07, 6.45) is 1.56. The highest BCUT2D eigenvalue weighted by molar-refractivity contribution is 5.93. The molecule has 0 saturated carbocycles. The summed E-state index contributed by atoms with van der Waals surface area (Å²) in [6, 6.07) is 5.20. The van der Waals surface area contributed by atoms with Gasteiger partial charge in [0.25, 0.3) is 0 Å². The Morgan fingerprint density at radius 1 is 1.35 bits per heavy atom. The molecule has 0 saturated heterocycles. The van der Waals surface area contributed by atoms with Crippen molar-refractivity contribution in [3.8, 4) is 5.75 Å². The Balaban J connectivity index is 2.55. The Morgan fingerprint density at radius 2 is 2.10 bits per heavy atom. The van der Waals surface area contributed by atoms with Crippen molar-refractivity contribution >= 4 is 17.3 Å². The molecule has 0 fully saturated rings. The minimum atomic E-state index is -0.0246. The summed E-state index contributed by atoms with van der Waals surface area (Å²) < 4.78 is 5.21. The number of hydrogen-bond donors (Lipinski definition) is 2. The first kappa shape index (κ1) is 16.3. The summed E-state index contributed by atoms with van der Waals surface area (Å²) in [5.74, 6) is 0.594. The number of methoxy groups -OCH3 is 1. The molecule has 0 aliphatic carbocycles. The largest absolute Gasteiger partial charge is 0.495 e. The topological polar surface area (TPSA) is 67.6 Å². The monoisotopic (exact) mass is 279 g/mol. The van der Waals surface area contributed by atoms with Gasteiger partial charge in [0, 0.05) is 18.7 Å². The Labute approximate surface area is 121 Å². The first-order valence-corrected chi connectivity index (χ1v) is 7.06. The maximum atomic E-state index is 12.0. The Hall–Kier alpha value is -1.75. The van der Waals surface area contributed by atoms with Crippen molar-refractivity contribution in [2.75, 3.05) is 37.8 Å². The lowest BCUT2D eigenvalue weighted by atomic mass is 10.2. The van der Waals surface area contributed by atoms with Gasteiger partial charge < -0.3 is 20.7 Å². The van der Waals surface area contributed by atoms with Gasteiger partial charge in [-0.1, -0.05) is 13.8 Å². The molecule has 0 bridgehead atoms. The number of nitrogens with one attached hydrogen (secondary N) is 1. The van der Waals surface area contributed by atoms with Crippen LogP contribution in [0.1, 0.15) is 26.7 Å². The molecule has 0 radical (unpaired) electrons. The van der Waals surface area contributed by atoms with E-state index in [9.17, 15) is 4.79 Å². The van der Waals surface area contributed by atoms with E-state index < -0.39 is 0 Å². The molecule has 0 heterocycles. The predicted octanol–water partition coefficient (Wildman–Crippen LogP) is 2.34. The summed E-state index contributed by atoms with van der Waals surface area (Å²) in [6.45, 7) is 6.99. The first-order chi connectivity index (χ1) is 9.60. The normalized spacial score (nSPS) is 10.6. The molecule has 1 amide bonds. The van der Waals surface area contributed by atoms with Gasteiger partial charge in [-0.2, -0.15) is 0 Å². The zero-order valence-corrected chi connectivity index (χ0v) is 12.6. The van der Waals surface area contributed by atoms with Crippen molar-refractivity contribution in [2.24, 2.45) is 0 Å². The van der Waals surface area contributed by atoms with Crippen molar-refractivity contribution in [1.29, 1.82) is 0 Å². The van der Waals surface area contributed by atoms with E-state index in [0.29, 0.717) is 23.5 Å². The average molecular weight is 279 g/mol. The summed E-state index contributed by atoms with van der Waals surface area (Å²) in [4.78, 5) is 14.2. The number of nitrogens with zero attached hydrogens (tertiary/aromatic N) is 1. The lowest BCUT2D eigenvalue weighted by molar-refractivity contribution is -0.116. The van der Waals surface area contributed by atoms with Crippen LogP contribution >= 0.6 is 0 Å². The number of hydrogen-bond acceptors (Lipinski definition) is 4. The zero-order chi connectivity index (χ0) is 15.0. The van der Waals surface area contributed by atoms with E-state index >= 15 is 0 Å². The molecule has 1 rings (SSSR count). The van der Waals surface area contributed by atoms with Crippen molar-refractivity contribution in [1.82, 2.24) is 4.90 Å². The Morgan fingerprint density at radius 3 is 2.70 bits per heavy atom.